The highest BCUT2D eigenvalue weighted by Gasteiger charge is 2.32. The molecule has 0 bridgehead atoms. The molecule has 1 atom stereocenters. The normalized spacial score (nSPS) is 33.7. The third kappa shape index (κ3) is 1.81. The van der Waals surface area contributed by atoms with E-state index in [1.54, 1.807) is 0 Å². The second kappa shape index (κ2) is 3.71. The Kier molecular flexibility index (Phi) is 2.56. The van der Waals surface area contributed by atoms with Gasteiger partial charge in [-0.2, -0.15) is 0 Å². The highest BCUT2D eigenvalue weighted by Crippen LogP contribution is 2.18. The van der Waals surface area contributed by atoms with E-state index in [1.165, 1.54) is 19.3 Å². The number of piperidine rings is 1. The van der Waals surface area contributed by atoms with Crippen LogP contribution in [0.15, 0.2) is 17.3 Å². The van der Waals surface area contributed by atoms with Crippen LogP contribution < -0.4 is 11.1 Å². The summed E-state index contributed by atoms with van der Waals surface area (Å²) < 4.78 is 0. The van der Waals surface area contributed by atoms with Crippen molar-refractivity contribution < 1.29 is 0 Å². The molecule has 3 N–H and O–H groups in total. The highest BCUT2D eigenvalue weighted by atomic mass is 15.5. The number of hydrogen-bond acceptors (Lipinski definition) is 4. The predicted octanol–water partition coefficient (Wildman–Crippen LogP) is 0.620. The number of nitrogens with one attached hydrogen (secondary N) is 1. The van der Waals surface area contributed by atoms with Gasteiger partial charge >= 0.3 is 0 Å². The smallest absolute Gasteiger partial charge is 0.244 e. The molecular weight excluding hydrogens is 176 g/mol. The lowest BCUT2D eigenvalue weighted by atomic mass is 10.1. The maximum atomic E-state index is 6.20. The van der Waals surface area contributed by atoms with Crippen LogP contribution in [0.3, 0.4) is 0 Å². The molecule has 0 aromatic heterocycles. The topological polar surface area (TPSA) is 53.6 Å². The summed E-state index contributed by atoms with van der Waals surface area (Å²) in [5, 5.41) is 3.13. The number of nitrogens with zero attached hydrogens (tertiary/aromatic N) is 2. The van der Waals surface area contributed by atoms with Crippen LogP contribution in [0.5, 0.6) is 0 Å². The lowest BCUT2D eigenvalue weighted by molar-refractivity contribution is 0.0590. The first-order chi connectivity index (χ1) is 6.71. The Morgan fingerprint density at radius 3 is 2.79 bits per heavy atom. The highest BCUT2D eigenvalue weighted by molar-refractivity contribution is 5.93. The summed E-state index contributed by atoms with van der Waals surface area (Å²) in [5.41, 5.74) is 7.18. The minimum Gasteiger partial charge on any atom is -0.342 e. The minimum absolute atomic E-state index is 0.695. The molecule has 4 nitrogen and oxygen atoms in total. The first kappa shape index (κ1) is 9.68. The molecule has 0 spiro atoms. The van der Waals surface area contributed by atoms with Gasteiger partial charge in [0.05, 0.1) is 0 Å². The van der Waals surface area contributed by atoms with Gasteiger partial charge in [-0.05, 0) is 25.8 Å². The number of rotatable bonds is 1. The molecule has 2 aliphatic heterocycles. The molecule has 1 fully saturated rings. The van der Waals surface area contributed by atoms with Crippen LogP contribution in [-0.4, -0.2) is 29.6 Å². The Labute approximate surface area is 84.9 Å². The van der Waals surface area contributed by atoms with Crippen molar-refractivity contribution in [3.8, 4) is 0 Å². The van der Waals surface area contributed by atoms with Crippen LogP contribution >= 0.6 is 0 Å². The van der Waals surface area contributed by atoms with Crippen molar-refractivity contribution in [3.05, 3.63) is 12.3 Å². The summed E-state index contributed by atoms with van der Waals surface area (Å²) in [6.07, 6.45) is 7.58. The lowest BCUT2D eigenvalue weighted by Crippen LogP contribution is -2.65. The average Bonchev–Trinajstić information content (AvgIpc) is 2.19. The first-order valence-electron chi connectivity index (χ1n) is 5.25. The van der Waals surface area contributed by atoms with Gasteiger partial charge in [-0.25, -0.2) is 9.89 Å². The van der Waals surface area contributed by atoms with Crippen molar-refractivity contribution >= 4 is 5.71 Å². The van der Waals surface area contributed by atoms with Gasteiger partial charge in [0, 0.05) is 25.0 Å². The van der Waals surface area contributed by atoms with Crippen LogP contribution in [-0.2, 0) is 0 Å². The van der Waals surface area contributed by atoms with E-state index in [9.17, 15) is 0 Å². The van der Waals surface area contributed by atoms with E-state index in [1.807, 2.05) is 19.2 Å². The SMILES string of the molecule is CC1=NC(N)(N2CCCCC2)NC=C1. The Hall–Kier alpha value is -0.870. The number of hydrogen-bond donors (Lipinski definition) is 2. The van der Waals surface area contributed by atoms with E-state index in [4.69, 9.17) is 5.73 Å². The zero-order valence-electron chi connectivity index (χ0n) is 8.66. The third-order valence-electron chi connectivity index (χ3n) is 2.81. The van der Waals surface area contributed by atoms with Crippen molar-refractivity contribution in [2.75, 3.05) is 13.1 Å². The maximum Gasteiger partial charge on any atom is 0.244 e. The fourth-order valence-corrected chi connectivity index (χ4v) is 2.02. The van der Waals surface area contributed by atoms with Gasteiger partial charge in [-0.1, -0.05) is 6.42 Å². The van der Waals surface area contributed by atoms with Crippen molar-refractivity contribution in [2.24, 2.45) is 10.7 Å². The van der Waals surface area contributed by atoms with Crippen LogP contribution in [0.2, 0.25) is 0 Å². The Morgan fingerprint density at radius 2 is 2.14 bits per heavy atom. The molecule has 0 aliphatic carbocycles. The summed E-state index contributed by atoms with van der Waals surface area (Å²) in [6, 6.07) is 0. The van der Waals surface area contributed by atoms with Crippen molar-refractivity contribution in [1.29, 1.82) is 0 Å². The van der Waals surface area contributed by atoms with E-state index in [0.29, 0.717) is 0 Å². The van der Waals surface area contributed by atoms with E-state index in [0.717, 1.165) is 18.8 Å². The molecule has 0 saturated carbocycles. The number of aliphatic imine (C=N–C) groups is 1. The number of allylic oxidation sites excluding steroid dienone is 1. The Balaban J connectivity index is 2.11. The second-order valence-corrected chi connectivity index (χ2v) is 4.00. The molecule has 0 radical (unpaired) electrons. The zero-order chi connectivity index (χ0) is 10.0. The molecule has 0 aromatic carbocycles. The summed E-state index contributed by atoms with van der Waals surface area (Å²) in [7, 11) is 0. The van der Waals surface area contributed by atoms with Crippen molar-refractivity contribution in [2.45, 2.75) is 32.1 Å². The van der Waals surface area contributed by atoms with E-state index in [-0.39, 0.29) is 0 Å². The van der Waals surface area contributed by atoms with Gasteiger partial charge in [0.1, 0.15) is 0 Å². The molecule has 2 heterocycles. The molecule has 14 heavy (non-hydrogen) atoms. The molecule has 4 heteroatoms. The number of nitrogens with two attached hydrogens (primary N) is 1. The molecule has 1 unspecified atom stereocenters. The van der Waals surface area contributed by atoms with Gasteiger partial charge in [0.2, 0.25) is 5.91 Å². The van der Waals surface area contributed by atoms with Crippen LogP contribution in [0.4, 0.5) is 0 Å². The van der Waals surface area contributed by atoms with Gasteiger partial charge < -0.3 is 5.32 Å². The van der Waals surface area contributed by atoms with E-state index < -0.39 is 5.91 Å². The predicted molar refractivity (Wildman–Crippen MR) is 57.7 cm³/mol. The van der Waals surface area contributed by atoms with Gasteiger partial charge in [0.15, 0.2) is 0 Å². The Morgan fingerprint density at radius 1 is 1.43 bits per heavy atom. The second-order valence-electron chi connectivity index (χ2n) is 4.00. The largest absolute Gasteiger partial charge is 0.342 e. The molecule has 0 aromatic rings. The van der Waals surface area contributed by atoms with Crippen LogP contribution in [0.25, 0.3) is 0 Å². The average molecular weight is 194 g/mol. The summed E-state index contributed by atoms with van der Waals surface area (Å²) >= 11 is 0. The van der Waals surface area contributed by atoms with Crippen LogP contribution in [0, 0.1) is 0 Å². The van der Waals surface area contributed by atoms with E-state index in [2.05, 4.69) is 15.2 Å². The minimum atomic E-state index is -0.695. The first-order valence-corrected chi connectivity index (χ1v) is 5.25. The van der Waals surface area contributed by atoms with E-state index >= 15 is 0 Å². The summed E-state index contributed by atoms with van der Waals surface area (Å²) in [5.74, 6) is -0.695. The number of likely N-dealkylation sites (tertiary alicyclic amines) is 1. The molecular formula is C10H18N4. The standard InChI is InChI=1S/C10H18N4/c1-9-5-6-12-10(11,13-9)14-7-3-2-4-8-14/h5-6,12H,2-4,7-8,11H2,1H3. The van der Waals surface area contributed by atoms with Crippen LogP contribution in [0.1, 0.15) is 26.2 Å². The summed E-state index contributed by atoms with van der Waals surface area (Å²) in [6.45, 7) is 4.05. The molecule has 0 amide bonds. The van der Waals surface area contributed by atoms with Crippen molar-refractivity contribution in [3.63, 3.8) is 0 Å². The molecule has 2 rings (SSSR count). The quantitative estimate of drug-likeness (QED) is 0.643. The zero-order valence-corrected chi connectivity index (χ0v) is 8.66. The fourth-order valence-electron chi connectivity index (χ4n) is 2.02. The van der Waals surface area contributed by atoms with Crippen molar-refractivity contribution in [1.82, 2.24) is 10.2 Å². The maximum absolute atomic E-state index is 6.20. The van der Waals surface area contributed by atoms with Gasteiger partial charge in [-0.15, -0.1) is 0 Å². The monoisotopic (exact) mass is 194 g/mol. The lowest BCUT2D eigenvalue weighted by Gasteiger charge is -2.41. The Bertz CT molecular complexity index is 265. The fraction of sp³-hybridized carbons (Fsp3) is 0.700. The molecule has 78 valence electrons. The van der Waals surface area contributed by atoms with Gasteiger partial charge in [0.25, 0.3) is 0 Å². The van der Waals surface area contributed by atoms with Gasteiger partial charge in [-0.3, -0.25) is 5.73 Å². The third-order valence-corrected chi connectivity index (χ3v) is 2.81. The molecule has 2 aliphatic rings. The summed E-state index contributed by atoms with van der Waals surface area (Å²) in [4.78, 5) is 6.67. The molecule has 1 saturated heterocycles.